The molecule has 0 N–H and O–H groups in total. The van der Waals surface area contributed by atoms with E-state index in [4.69, 9.17) is 5.26 Å². The smallest absolute Gasteiger partial charge is 0.128 e. The van der Waals surface area contributed by atoms with Gasteiger partial charge in [0, 0.05) is 6.20 Å². The summed E-state index contributed by atoms with van der Waals surface area (Å²) in [7, 11) is 0. The number of hydrogen-bond donors (Lipinski definition) is 0. The molecule has 0 aromatic carbocycles. The second-order valence-corrected chi connectivity index (χ2v) is 2.02. The molecule has 1 rings (SSSR count). The maximum atomic E-state index is 8.29. The molecule has 0 unspecified atom stereocenters. The summed E-state index contributed by atoms with van der Waals surface area (Å²) in [5.41, 5.74) is 1.04. The fourth-order valence-corrected chi connectivity index (χ4v) is 0.753. The molecule has 1 heterocycles. The first-order chi connectivity index (χ1) is 4.86. The lowest BCUT2D eigenvalue weighted by Crippen LogP contribution is -1.96. The molecule has 0 radical (unpaired) electrons. The Morgan fingerprint density at radius 3 is 3.10 bits per heavy atom. The van der Waals surface area contributed by atoms with E-state index in [0.717, 1.165) is 12.1 Å². The van der Waals surface area contributed by atoms with E-state index in [9.17, 15) is 0 Å². The first-order valence-electron chi connectivity index (χ1n) is 3.26. The van der Waals surface area contributed by atoms with Gasteiger partial charge in [0.2, 0.25) is 0 Å². The molecule has 1 aromatic heterocycles. The van der Waals surface area contributed by atoms with Crippen LogP contribution in [-0.2, 0) is 13.0 Å². The molecule has 10 heavy (non-hydrogen) atoms. The molecule has 0 saturated carbocycles. The van der Waals surface area contributed by atoms with Crippen molar-refractivity contribution in [3.8, 4) is 6.07 Å². The first kappa shape index (κ1) is 6.81. The monoisotopic (exact) mass is 135 g/mol. The minimum atomic E-state index is 0.347. The molecule has 0 fully saturated rings. The highest BCUT2D eigenvalue weighted by molar-refractivity contribution is 4.98. The van der Waals surface area contributed by atoms with E-state index >= 15 is 0 Å². The van der Waals surface area contributed by atoms with Gasteiger partial charge in [-0.25, -0.2) is 0 Å². The third kappa shape index (κ3) is 1.35. The van der Waals surface area contributed by atoms with Gasteiger partial charge in [-0.3, -0.25) is 4.68 Å². The Morgan fingerprint density at radius 2 is 2.60 bits per heavy atom. The summed E-state index contributed by atoms with van der Waals surface area (Å²) in [4.78, 5) is 0. The largest absolute Gasteiger partial charge is 0.258 e. The molecule has 0 spiro atoms. The Balaban J connectivity index is 2.70. The quantitative estimate of drug-likeness (QED) is 0.606. The highest BCUT2D eigenvalue weighted by Crippen LogP contribution is 1.94. The molecule has 3 nitrogen and oxygen atoms in total. The molecule has 0 aliphatic carbocycles. The first-order valence-corrected chi connectivity index (χ1v) is 3.26. The molecule has 0 aliphatic rings. The zero-order valence-electron chi connectivity index (χ0n) is 5.91. The van der Waals surface area contributed by atoms with E-state index in [0.29, 0.717) is 6.54 Å². The maximum absolute atomic E-state index is 8.29. The average molecular weight is 135 g/mol. The van der Waals surface area contributed by atoms with Gasteiger partial charge in [-0.05, 0) is 12.5 Å². The number of rotatable bonds is 2. The van der Waals surface area contributed by atoms with Crippen LogP contribution < -0.4 is 0 Å². The van der Waals surface area contributed by atoms with Crippen molar-refractivity contribution in [3.05, 3.63) is 18.0 Å². The van der Waals surface area contributed by atoms with Gasteiger partial charge in [0.25, 0.3) is 0 Å². The minimum absolute atomic E-state index is 0.347. The van der Waals surface area contributed by atoms with Crippen LogP contribution in [0.25, 0.3) is 0 Å². The average Bonchev–Trinajstić information content (AvgIpc) is 2.37. The predicted octanol–water partition coefficient (Wildman–Crippen LogP) is 0.969. The fraction of sp³-hybridized carbons (Fsp3) is 0.429. The molecule has 52 valence electrons. The van der Waals surface area contributed by atoms with Crippen LogP contribution in [0.2, 0.25) is 0 Å². The van der Waals surface area contributed by atoms with Gasteiger partial charge in [-0.1, -0.05) is 6.92 Å². The van der Waals surface area contributed by atoms with Crippen molar-refractivity contribution in [2.45, 2.75) is 19.9 Å². The van der Waals surface area contributed by atoms with Gasteiger partial charge >= 0.3 is 0 Å². The highest BCUT2D eigenvalue weighted by Gasteiger charge is 1.93. The number of aromatic nitrogens is 2. The van der Waals surface area contributed by atoms with E-state index < -0.39 is 0 Å². The molecule has 0 aliphatic heterocycles. The molecule has 0 saturated heterocycles. The standard InChI is InChI=1S/C7H9N3/c1-2-7-3-5-10(9-7)6-4-8/h3,5H,2,6H2,1H3. The number of nitrogens with zero attached hydrogens (tertiary/aromatic N) is 3. The molecule has 3 heteroatoms. The lowest BCUT2D eigenvalue weighted by molar-refractivity contribution is 0.694. The highest BCUT2D eigenvalue weighted by atomic mass is 15.3. The van der Waals surface area contributed by atoms with Gasteiger partial charge < -0.3 is 0 Å². The van der Waals surface area contributed by atoms with Crippen molar-refractivity contribution >= 4 is 0 Å². The second-order valence-electron chi connectivity index (χ2n) is 2.02. The van der Waals surface area contributed by atoms with Crippen molar-refractivity contribution in [2.24, 2.45) is 0 Å². The third-order valence-corrected chi connectivity index (χ3v) is 1.29. The summed E-state index contributed by atoms with van der Waals surface area (Å²) in [6.07, 6.45) is 2.75. The van der Waals surface area contributed by atoms with E-state index in [-0.39, 0.29) is 0 Å². The van der Waals surface area contributed by atoms with Crippen LogP contribution in [0.3, 0.4) is 0 Å². The minimum Gasteiger partial charge on any atom is -0.258 e. The van der Waals surface area contributed by atoms with E-state index in [2.05, 4.69) is 5.10 Å². The van der Waals surface area contributed by atoms with Gasteiger partial charge in [0.1, 0.15) is 6.54 Å². The lowest BCUT2D eigenvalue weighted by Gasteiger charge is -1.88. The maximum Gasteiger partial charge on any atom is 0.128 e. The zero-order chi connectivity index (χ0) is 7.40. The fourth-order valence-electron chi connectivity index (χ4n) is 0.753. The molecular weight excluding hydrogens is 126 g/mol. The van der Waals surface area contributed by atoms with Crippen LogP contribution in [0.1, 0.15) is 12.6 Å². The number of aryl methyl sites for hydroxylation is 1. The Bertz CT molecular complexity index is 244. The van der Waals surface area contributed by atoms with E-state index in [1.807, 2.05) is 25.3 Å². The molecule has 0 atom stereocenters. The second kappa shape index (κ2) is 3.02. The molecule has 1 aromatic rings. The summed E-state index contributed by atoms with van der Waals surface area (Å²) in [6, 6.07) is 3.95. The summed E-state index contributed by atoms with van der Waals surface area (Å²) < 4.78 is 1.64. The topological polar surface area (TPSA) is 41.6 Å². The SMILES string of the molecule is CCc1ccn(CC#N)n1. The summed E-state index contributed by atoms with van der Waals surface area (Å²) in [5.74, 6) is 0. The van der Waals surface area contributed by atoms with E-state index in [1.165, 1.54) is 0 Å². The molecule has 0 bridgehead atoms. The molecular formula is C7H9N3. The van der Waals surface area contributed by atoms with Gasteiger partial charge in [-0.15, -0.1) is 0 Å². The predicted molar refractivity (Wildman–Crippen MR) is 37.2 cm³/mol. The van der Waals surface area contributed by atoms with Gasteiger partial charge in [-0.2, -0.15) is 10.4 Å². The zero-order valence-corrected chi connectivity index (χ0v) is 5.91. The Kier molecular flexibility index (Phi) is 2.06. The van der Waals surface area contributed by atoms with Crippen molar-refractivity contribution < 1.29 is 0 Å². The Hall–Kier alpha value is -1.30. The van der Waals surface area contributed by atoms with Crippen molar-refractivity contribution in [2.75, 3.05) is 0 Å². The van der Waals surface area contributed by atoms with Crippen LogP contribution in [0.15, 0.2) is 12.3 Å². The number of nitriles is 1. The van der Waals surface area contributed by atoms with Crippen LogP contribution in [0, 0.1) is 11.3 Å². The number of hydrogen-bond acceptors (Lipinski definition) is 2. The Morgan fingerprint density at radius 1 is 1.80 bits per heavy atom. The van der Waals surface area contributed by atoms with Crippen molar-refractivity contribution in [3.63, 3.8) is 0 Å². The normalized spacial score (nSPS) is 9.20. The van der Waals surface area contributed by atoms with Gasteiger partial charge in [0.05, 0.1) is 11.8 Å². The third-order valence-electron chi connectivity index (χ3n) is 1.29. The summed E-state index contributed by atoms with van der Waals surface area (Å²) in [6.45, 7) is 2.39. The van der Waals surface area contributed by atoms with Crippen molar-refractivity contribution in [1.29, 1.82) is 5.26 Å². The van der Waals surface area contributed by atoms with Crippen LogP contribution in [0.4, 0.5) is 0 Å². The lowest BCUT2D eigenvalue weighted by atomic mass is 10.4. The van der Waals surface area contributed by atoms with Gasteiger partial charge in [0.15, 0.2) is 0 Å². The van der Waals surface area contributed by atoms with Crippen molar-refractivity contribution in [1.82, 2.24) is 9.78 Å². The summed E-state index contributed by atoms with van der Waals surface area (Å²) >= 11 is 0. The molecule has 0 amide bonds. The van der Waals surface area contributed by atoms with Crippen LogP contribution >= 0.6 is 0 Å². The van der Waals surface area contributed by atoms with Crippen LogP contribution in [0.5, 0.6) is 0 Å². The van der Waals surface area contributed by atoms with Crippen LogP contribution in [-0.4, -0.2) is 9.78 Å². The Labute approximate surface area is 59.9 Å². The summed E-state index contributed by atoms with van der Waals surface area (Å²) in [5, 5.41) is 12.4. The van der Waals surface area contributed by atoms with E-state index in [1.54, 1.807) is 4.68 Å².